The molecule has 1 aliphatic heterocycles. The molecule has 28 heavy (non-hydrogen) atoms. The second-order valence-electron chi connectivity index (χ2n) is 6.65. The van der Waals surface area contributed by atoms with Crippen LogP contribution in [0, 0.1) is 0 Å². The van der Waals surface area contributed by atoms with E-state index in [1.165, 1.54) is 42.7 Å². The number of nitrogens with one attached hydrogen (secondary N) is 1. The number of hydrogen-bond donors (Lipinski definition) is 2. The van der Waals surface area contributed by atoms with Crippen molar-refractivity contribution in [1.82, 2.24) is 4.57 Å². The van der Waals surface area contributed by atoms with Gasteiger partial charge in [0.1, 0.15) is 0 Å². The molecule has 0 spiro atoms. The average molecular weight is 380 g/mol. The summed E-state index contributed by atoms with van der Waals surface area (Å²) in [6.07, 6.45) is 3.41. The van der Waals surface area contributed by atoms with Crippen molar-refractivity contribution in [2.24, 2.45) is 0 Å². The van der Waals surface area contributed by atoms with Crippen LogP contribution in [0.3, 0.4) is 0 Å². The van der Waals surface area contributed by atoms with E-state index in [0.717, 1.165) is 25.1 Å². The maximum Gasteiger partial charge on any atom is 0.337 e. The molecule has 0 unspecified atom stereocenters. The van der Waals surface area contributed by atoms with Gasteiger partial charge in [-0.25, -0.2) is 4.79 Å². The van der Waals surface area contributed by atoms with Gasteiger partial charge >= 0.3 is 5.97 Å². The summed E-state index contributed by atoms with van der Waals surface area (Å²) in [6.45, 7) is 0.875. The third kappa shape index (κ3) is 2.85. The molecule has 0 saturated carbocycles. The molecule has 3 aromatic rings. The van der Waals surface area contributed by atoms with Crippen molar-refractivity contribution in [1.29, 1.82) is 0 Å². The molecule has 1 aliphatic rings. The second kappa shape index (κ2) is 6.92. The predicted octanol–water partition coefficient (Wildman–Crippen LogP) is 3.06. The smallest absolute Gasteiger partial charge is 0.337 e. The number of carbonyl (C=O) groups is 1. The molecule has 0 radical (unpaired) electrons. The van der Waals surface area contributed by atoms with Crippen LogP contribution in [-0.2, 0) is 6.42 Å². The Hall–Kier alpha value is -3.48. The molecule has 2 aromatic carbocycles. The summed E-state index contributed by atoms with van der Waals surface area (Å²) in [5.41, 5.74) is 2.46. The van der Waals surface area contributed by atoms with Crippen LogP contribution in [0.15, 0.2) is 41.3 Å². The van der Waals surface area contributed by atoms with Crippen molar-refractivity contribution in [2.45, 2.75) is 12.8 Å². The lowest BCUT2D eigenvalue weighted by atomic mass is 10.0. The lowest BCUT2D eigenvalue weighted by molar-refractivity contribution is 0.0698. The number of aromatic carboxylic acids is 1. The topological polar surface area (TPSA) is 89.8 Å². The van der Waals surface area contributed by atoms with Crippen molar-refractivity contribution in [3.8, 4) is 17.2 Å². The molecule has 7 nitrogen and oxygen atoms in total. The number of benzene rings is 2. The number of carboxylic acid groups (broad SMARTS) is 1. The van der Waals surface area contributed by atoms with Gasteiger partial charge in [0.2, 0.25) is 0 Å². The van der Waals surface area contributed by atoms with Crippen molar-refractivity contribution in [3.63, 3.8) is 0 Å². The van der Waals surface area contributed by atoms with E-state index in [4.69, 9.17) is 9.47 Å². The van der Waals surface area contributed by atoms with E-state index in [-0.39, 0.29) is 16.5 Å². The molecule has 7 heteroatoms. The first-order chi connectivity index (χ1) is 13.5. The van der Waals surface area contributed by atoms with Gasteiger partial charge in [-0.15, -0.1) is 0 Å². The van der Waals surface area contributed by atoms with E-state index in [2.05, 4.69) is 5.32 Å². The lowest BCUT2D eigenvalue weighted by Gasteiger charge is -2.19. The quantitative estimate of drug-likeness (QED) is 0.723. The van der Waals surface area contributed by atoms with E-state index in [1.54, 1.807) is 0 Å². The van der Waals surface area contributed by atoms with Crippen LogP contribution >= 0.6 is 0 Å². The first-order valence-electron chi connectivity index (χ1n) is 8.95. The van der Waals surface area contributed by atoms with E-state index in [9.17, 15) is 14.7 Å². The molecule has 144 valence electrons. The van der Waals surface area contributed by atoms with Crippen LogP contribution in [0.25, 0.3) is 16.5 Å². The highest BCUT2D eigenvalue weighted by Gasteiger charge is 2.19. The van der Waals surface area contributed by atoms with Gasteiger partial charge in [0.05, 0.1) is 30.9 Å². The van der Waals surface area contributed by atoms with E-state index in [1.807, 2.05) is 18.2 Å². The zero-order valence-electron chi connectivity index (χ0n) is 15.6. The van der Waals surface area contributed by atoms with Crippen LogP contribution in [0.2, 0.25) is 0 Å². The highest BCUT2D eigenvalue weighted by molar-refractivity contribution is 6.04. The third-order valence-electron chi connectivity index (χ3n) is 5.06. The molecule has 0 aliphatic carbocycles. The monoisotopic (exact) mass is 380 g/mol. The van der Waals surface area contributed by atoms with Gasteiger partial charge in [0.15, 0.2) is 11.5 Å². The summed E-state index contributed by atoms with van der Waals surface area (Å²) in [5, 5.41) is 13.6. The van der Waals surface area contributed by atoms with Crippen LogP contribution in [0.4, 0.5) is 5.69 Å². The molecule has 2 heterocycles. The Morgan fingerprint density at radius 3 is 2.50 bits per heavy atom. The number of ether oxygens (including phenoxy) is 2. The predicted molar refractivity (Wildman–Crippen MR) is 106 cm³/mol. The fraction of sp³-hybridized carbons (Fsp3) is 0.238. The Kier molecular flexibility index (Phi) is 4.43. The number of anilines is 1. The summed E-state index contributed by atoms with van der Waals surface area (Å²) in [7, 11) is 2.93. The van der Waals surface area contributed by atoms with E-state index >= 15 is 0 Å². The van der Waals surface area contributed by atoms with Gasteiger partial charge in [-0.3, -0.25) is 9.36 Å². The molecule has 0 fully saturated rings. The number of nitrogens with zero attached hydrogens (tertiary/aromatic N) is 1. The van der Waals surface area contributed by atoms with Gasteiger partial charge in [-0.1, -0.05) is 6.07 Å². The number of carboxylic acids is 1. The standard InChI is InChI=1S/C21H20N2O5/c1-27-18-9-14-15(10-19(18)28-2)20(24)23(11-16(14)21(25)26)13-6-5-12-4-3-7-22-17(12)8-13/h5-6,8-11,22H,3-4,7H2,1-2H3,(H,25,26). The number of methoxy groups -OCH3 is 2. The Labute approximate surface area is 161 Å². The minimum absolute atomic E-state index is 0.0150. The number of pyridine rings is 1. The number of aryl methyl sites for hydroxylation is 1. The Morgan fingerprint density at radius 2 is 1.82 bits per heavy atom. The van der Waals surface area contributed by atoms with Gasteiger partial charge in [-0.2, -0.15) is 0 Å². The van der Waals surface area contributed by atoms with E-state index in [0.29, 0.717) is 22.6 Å². The molecule has 1 aromatic heterocycles. The van der Waals surface area contributed by atoms with Crippen molar-refractivity contribution in [3.05, 3.63) is 58.0 Å². The van der Waals surface area contributed by atoms with Gasteiger partial charge < -0.3 is 19.9 Å². The molecular formula is C21H20N2O5. The number of aromatic nitrogens is 1. The Bertz CT molecular complexity index is 1150. The van der Waals surface area contributed by atoms with Crippen LogP contribution < -0.4 is 20.3 Å². The highest BCUT2D eigenvalue weighted by Crippen LogP contribution is 2.33. The summed E-state index contributed by atoms with van der Waals surface area (Å²) >= 11 is 0. The lowest BCUT2D eigenvalue weighted by Crippen LogP contribution is -2.21. The molecule has 0 bridgehead atoms. The van der Waals surface area contributed by atoms with Crippen molar-refractivity contribution < 1.29 is 19.4 Å². The largest absolute Gasteiger partial charge is 0.493 e. The maximum absolute atomic E-state index is 13.2. The van der Waals surface area contributed by atoms with Gasteiger partial charge in [0.25, 0.3) is 5.56 Å². The van der Waals surface area contributed by atoms with E-state index < -0.39 is 5.97 Å². The Morgan fingerprint density at radius 1 is 1.11 bits per heavy atom. The number of rotatable bonds is 4. The SMILES string of the molecule is COc1cc2c(C(=O)O)cn(-c3ccc4c(c3)NCCC4)c(=O)c2cc1OC. The van der Waals surface area contributed by atoms with Gasteiger partial charge in [0, 0.05) is 23.8 Å². The first-order valence-corrected chi connectivity index (χ1v) is 8.95. The Balaban J connectivity index is 2.01. The summed E-state index contributed by atoms with van der Waals surface area (Å²) in [4.78, 5) is 25.1. The van der Waals surface area contributed by atoms with Crippen molar-refractivity contribution >= 4 is 22.4 Å². The zero-order valence-corrected chi connectivity index (χ0v) is 15.6. The second-order valence-corrected chi connectivity index (χ2v) is 6.65. The fourth-order valence-corrected chi connectivity index (χ4v) is 3.63. The normalized spacial score (nSPS) is 12.9. The summed E-state index contributed by atoms with van der Waals surface area (Å²) in [5.74, 6) is -0.386. The van der Waals surface area contributed by atoms with Crippen LogP contribution in [-0.4, -0.2) is 36.4 Å². The molecule has 4 rings (SSSR count). The third-order valence-corrected chi connectivity index (χ3v) is 5.06. The maximum atomic E-state index is 13.2. The summed E-state index contributed by atoms with van der Waals surface area (Å²) in [6, 6.07) is 8.75. The average Bonchev–Trinajstić information content (AvgIpc) is 2.72. The van der Waals surface area contributed by atoms with Crippen LogP contribution in [0.5, 0.6) is 11.5 Å². The highest BCUT2D eigenvalue weighted by atomic mass is 16.5. The minimum atomic E-state index is -1.12. The van der Waals surface area contributed by atoms with Crippen LogP contribution in [0.1, 0.15) is 22.3 Å². The molecule has 2 N–H and O–H groups in total. The van der Waals surface area contributed by atoms with Gasteiger partial charge in [-0.05, 0) is 42.7 Å². The summed E-state index contributed by atoms with van der Waals surface area (Å²) < 4.78 is 11.9. The minimum Gasteiger partial charge on any atom is -0.493 e. The molecule has 0 amide bonds. The first kappa shape index (κ1) is 17.9. The number of hydrogen-bond acceptors (Lipinski definition) is 5. The molecular weight excluding hydrogens is 360 g/mol. The zero-order chi connectivity index (χ0) is 19.8. The molecule has 0 saturated heterocycles. The number of fused-ring (bicyclic) bond motifs is 2. The fourth-order valence-electron chi connectivity index (χ4n) is 3.63. The molecule has 0 atom stereocenters. The van der Waals surface area contributed by atoms with Crippen molar-refractivity contribution in [2.75, 3.05) is 26.1 Å².